The van der Waals surface area contributed by atoms with Crippen LogP contribution in [0, 0.1) is 0 Å². The summed E-state index contributed by atoms with van der Waals surface area (Å²) in [6.07, 6.45) is 9.47. The molecular weight excluding hydrogens is 416 g/mol. The summed E-state index contributed by atoms with van der Waals surface area (Å²) in [5.74, 6) is -0.700. The van der Waals surface area contributed by atoms with Crippen molar-refractivity contribution in [2.24, 2.45) is 0 Å². The van der Waals surface area contributed by atoms with Gasteiger partial charge in [-0.15, -0.1) is 0 Å². The standard InChI is InChI=1S/C27H32N2O4/c1-3-4-5-6-7-11-20-29-25(31)27(28-26(29)32,22-12-9-8-10-13-22)23-17-14-21(15-18-23)16-19-24(30)33-2/h8-10,12-19H,3-7,11,20H2,1-2H3,(H,28,32)/b19-16+. The number of hydrogen-bond donors (Lipinski definition) is 1. The van der Waals surface area contributed by atoms with Crippen molar-refractivity contribution in [3.8, 4) is 0 Å². The fourth-order valence-electron chi connectivity index (χ4n) is 4.15. The number of benzene rings is 2. The summed E-state index contributed by atoms with van der Waals surface area (Å²) in [5.41, 5.74) is 0.901. The van der Waals surface area contributed by atoms with Gasteiger partial charge in [-0.25, -0.2) is 9.59 Å². The average molecular weight is 449 g/mol. The molecule has 1 unspecified atom stereocenters. The molecule has 0 saturated carbocycles. The van der Waals surface area contributed by atoms with E-state index in [0.717, 1.165) is 24.8 Å². The largest absolute Gasteiger partial charge is 0.466 e. The lowest BCUT2D eigenvalue weighted by atomic mass is 9.82. The van der Waals surface area contributed by atoms with Gasteiger partial charge in [0, 0.05) is 12.6 Å². The number of methoxy groups -OCH3 is 1. The number of carbonyl (C=O) groups excluding carboxylic acids is 3. The monoisotopic (exact) mass is 448 g/mol. The molecule has 1 N–H and O–H groups in total. The predicted molar refractivity (Wildman–Crippen MR) is 128 cm³/mol. The third kappa shape index (κ3) is 5.51. The van der Waals surface area contributed by atoms with Crippen molar-refractivity contribution in [3.63, 3.8) is 0 Å². The van der Waals surface area contributed by atoms with Crippen LogP contribution in [0.1, 0.15) is 62.1 Å². The third-order valence-electron chi connectivity index (χ3n) is 6.00. The maximum atomic E-state index is 13.7. The summed E-state index contributed by atoms with van der Waals surface area (Å²) < 4.78 is 4.62. The molecule has 0 radical (unpaired) electrons. The van der Waals surface area contributed by atoms with Crippen molar-refractivity contribution in [1.29, 1.82) is 0 Å². The van der Waals surface area contributed by atoms with Gasteiger partial charge in [0.05, 0.1) is 7.11 Å². The van der Waals surface area contributed by atoms with Crippen LogP contribution in [-0.2, 0) is 19.9 Å². The molecule has 1 heterocycles. The van der Waals surface area contributed by atoms with Gasteiger partial charge in [0.1, 0.15) is 0 Å². The number of hydrogen-bond acceptors (Lipinski definition) is 4. The van der Waals surface area contributed by atoms with E-state index in [1.54, 1.807) is 6.08 Å². The Labute approximate surface area is 195 Å². The van der Waals surface area contributed by atoms with Crippen LogP contribution in [0.2, 0.25) is 0 Å². The van der Waals surface area contributed by atoms with E-state index in [1.165, 1.54) is 37.3 Å². The smallest absolute Gasteiger partial charge is 0.330 e. The molecule has 1 fully saturated rings. The van der Waals surface area contributed by atoms with Gasteiger partial charge in [-0.05, 0) is 29.2 Å². The summed E-state index contributed by atoms with van der Waals surface area (Å²) in [5, 5.41) is 2.99. The van der Waals surface area contributed by atoms with E-state index in [1.807, 2.05) is 54.6 Å². The number of rotatable bonds is 11. The topological polar surface area (TPSA) is 75.7 Å². The molecule has 1 atom stereocenters. The van der Waals surface area contributed by atoms with Gasteiger partial charge in [0.2, 0.25) is 0 Å². The zero-order valence-electron chi connectivity index (χ0n) is 19.4. The number of imide groups is 1. The molecule has 33 heavy (non-hydrogen) atoms. The summed E-state index contributed by atoms with van der Waals surface area (Å²) >= 11 is 0. The van der Waals surface area contributed by atoms with Crippen LogP contribution in [-0.4, -0.2) is 36.5 Å². The first-order chi connectivity index (χ1) is 16.0. The Balaban J connectivity index is 1.85. The Morgan fingerprint density at radius 1 is 0.939 bits per heavy atom. The number of urea groups is 1. The van der Waals surface area contributed by atoms with Crippen LogP contribution in [0.4, 0.5) is 4.79 Å². The van der Waals surface area contributed by atoms with E-state index < -0.39 is 11.5 Å². The molecule has 2 aromatic rings. The summed E-state index contributed by atoms with van der Waals surface area (Å²) in [4.78, 5) is 39.3. The lowest BCUT2D eigenvalue weighted by Gasteiger charge is -2.28. The number of esters is 1. The molecule has 1 saturated heterocycles. The highest BCUT2D eigenvalue weighted by molar-refractivity contribution is 6.09. The van der Waals surface area contributed by atoms with Gasteiger partial charge < -0.3 is 10.1 Å². The Morgan fingerprint density at radius 3 is 2.24 bits per heavy atom. The molecule has 6 nitrogen and oxygen atoms in total. The second-order valence-electron chi connectivity index (χ2n) is 8.25. The lowest BCUT2D eigenvalue weighted by molar-refractivity contribution is -0.134. The van der Waals surface area contributed by atoms with E-state index in [0.29, 0.717) is 17.7 Å². The molecule has 1 aliphatic rings. The SMILES string of the molecule is CCCCCCCCN1C(=O)NC(c2ccccc2)(c2ccc(/C=C/C(=O)OC)cc2)C1=O. The van der Waals surface area contributed by atoms with Crippen LogP contribution in [0.15, 0.2) is 60.7 Å². The van der Waals surface area contributed by atoms with Crippen molar-refractivity contribution < 1.29 is 19.1 Å². The van der Waals surface area contributed by atoms with Crippen LogP contribution in [0.5, 0.6) is 0 Å². The number of amides is 3. The number of ether oxygens (including phenoxy) is 1. The summed E-state index contributed by atoms with van der Waals surface area (Å²) in [7, 11) is 1.32. The molecule has 0 spiro atoms. The summed E-state index contributed by atoms with van der Waals surface area (Å²) in [6.45, 7) is 2.59. The highest BCUT2D eigenvalue weighted by atomic mass is 16.5. The number of nitrogens with zero attached hydrogens (tertiary/aromatic N) is 1. The van der Waals surface area contributed by atoms with Crippen LogP contribution in [0.3, 0.4) is 0 Å². The maximum Gasteiger partial charge on any atom is 0.330 e. The van der Waals surface area contributed by atoms with Gasteiger partial charge in [0.25, 0.3) is 5.91 Å². The van der Waals surface area contributed by atoms with E-state index in [9.17, 15) is 14.4 Å². The van der Waals surface area contributed by atoms with Gasteiger partial charge >= 0.3 is 12.0 Å². The van der Waals surface area contributed by atoms with E-state index in [-0.39, 0.29) is 11.9 Å². The van der Waals surface area contributed by atoms with Crippen molar-refractivity contribution in [2.75, 3.05) is 13.7 Å². The molecule has 174 valence electrons. The Bertz CT molecular complexity index is 985. The van der Waals surface area contributed by atoms with Crippen molar-refractivity contribution in [3.05, 3.63) is 77.4 Å². The first-order valence-electron chi connectivity index (χ1n) is 11.6. The number of nitrogens with one attached hydrogen (secondary N) is 1. The maximum absolute atomic E-state index is 13.7. The first kappa shape index (κ1) is 24.2. The fourth-order valence-corrected chi connectivity index (χ4v) is 4.15. The molecule has 0 bridgehead atoms. The molecule has 3 rings (SSSR count). The lowest BCUT2D eigenvalue weighted by Crippen LogP contribution is -2.45. The Hall–Kier alpha value is -3.41. The fraction of sp³-hybridized carbons (Fsp3) is 0.370. The van der Waals surface area contributed by atoms with Crippen molar-refractivity contribution in [2.45, 2.75) is 51.0 Å². The second kappa shape index (κ2) is 11.5. The molecule has 0 aromatic heterocycles. The molecule has 3 amide bonds. The van der Waals surface area contributed by atoms with Crippen LogP contribution in [0.25, 0.3) is 6.08 Å². The van der Waals surface area contributed by atoms with Crippen molar-refractivity contribution in [1.82, 2.24) is 10.2 Å². The molecule has 1 aliphatic heterocycles. The van der Waals surface area contributed by atoms with Gasteiger partial charge in [0.15, 0.2) is 5.54 Å². The minimum atomic E-state index is -1.27. The number of unbranched alkanes of at least 4 members (excludes halogenated alkanes) is 5. The first-order valence-corrected chi connectivity index (χ1v) is 11.6. The molecular formula is C27H32N2O4. The van der Waals surface area contributed by atoms with E-state index in [2.05, 4.69) is 17.0 Å². The van der Waals surface area contributed by atoms with E-state index in [4.69, 9.17) is 0 Å². The van der Waals surface area contributed by atoms with Crippen molar-refractivity contribution >= 4 is 24.0 Å². The molecule has 0 aliphatic carbocycles. The highest BCUT2D eigenvalue weighted by Gasteiger charge is 2.53. The molecule has 6 heteroatoms. The Kier molecular flexibility index (Phi) is 8.41. The second-order valence-corrected chi connectivity index (χ2v) is 8.25. The van der Waals surface area contributed by atoms with Crippen LogP contribution < -0.4 is 5.32 Å². The quantitative estimate of drug-likeness (QED) is 0.226. The minimum Gasteiger partial charge on any atom is -0.466 e. The number of carbonyl (C=O) groups is 3. The predicted octanol–water partition coefficient (Wildman–Crippen LogP) is 5.03. The zero-order valence-corrected chi connectivity index (χ0v) is 19.4. The van der Waals surface area contributed by atoms with E-state index >= 15 is 0 Å². The third-order valence-corrected chi connectivity index (χ3v) is 6.00. The Morgan fingerprint density at radius 2 is 1.58 bits per heavy atom. The van der Waals surface area contributed by atoms with Crippen LogP contribution >= 0.6 is 0 Å². The molecule has 2 aromatic carbocycles. The van der Waals surface area contributed by atoms with Gasteiger partial charge in [-0.2, -0.15) is 0 Å². The average Bonchev–Trinajstić information content (AvgIpc) is 3.11. The summed E-state index contributed by atoms with van der Waals surface area (Å²) in [6, 6.07) is 16.2. The zero-order chi connectivity index (χ0) is 23.7. The van der Waals surface area contributed by atoms with Gasteiger partial charge in [-0.1, -0.05) is 93.6 Å². The normalized spacial score (nSPS) is 18.1. The minimum absolute atomic E-state index is 0.259. The van der Waals surface area contributed by atoms with Gasteiger partial charge in [-0.3, -0.25) is 9.69 Å². The highest BCUT2D eigenvalue weighted by Crippen LogP contribution is 2.36.